The topological polar surface area (TPSA) is 63.9 Å². The molecule has 0 aromatic heterocycles. The van der Waals surface area contributed by atoms with Crippen LogP contribution in [0.5, 0.6) is 0 Å². The van der Waals surface area contributed by atoms with E-state index < -0.39 is 11.1 Å². The monoisotopic (exact) mass is 206 g/mol. The normalized spacial score (nSPS) is 11.7. The van der Waals surface area contributed by atoms with E-state index in [9.17, 15) is 8.76 Å². The average molecular weight is 206 g/mol. The fourth-order valence-corrected chi connectivity index (χ4v) is 1.47. The van der Waals surface area contributed by atoms with Crippen LogP contribution in [0.2, 0.25) is 0 Å². The van der Waals surface area contributed by atoms with Gasteiger partial charge in [-0.1, -0.05) is 41.9 Å². The molecule has 14 heavy (non-hydrogen) atoms. The minimum absolute atomic E-state index is 0.000685. The van der Waals surface area contributed by atoms with Gasteiger partial charge in [-0.25, -0.2) is 0 Å². The number of nitrogens with zero attached hydrogens (tertiary/aromatic N) is 1. The largest absolute Gasteiger partial charge is 0.772 e. The van der Waals surface area contributed by atoms with E-state index in [-0.39, 0.29) is 5.75 Å². The van der Waals surface area contributed by atoms with Crippen molar-refractivity contribution in [3.63, 3.8) is 0 Å². The second kappa shape index (κ2) is 4.70. The van der Waals surface area contributed by atoms with Gasteiger partial charge in [-0.2, -0.15) is 5.26 Å². The number of nitriles is 1. The lowest BCUT2D eigenvalue weighted by Crippen LogP contribution is -1.93. The molecule has 3 nitrogen and oxygen atoms in total. The van der Waals surface area contributed by atoms with Crippen molar-refractivity contribution in [1.82, 2.24) is 0 Å². The summed E-state index contributed by atoms with van der Waals surface area (Å²) in [5.41, 5.74) is 1.79. The lowest BCUT2D eigenvalue weighted by molar-refractivity contribution is 0.536. The molecule has 0 aliphatic heterocycles. The molecule has 0 saturated carbocycles. The highest BCUT2D eigenvalue weighted by atomic mass is 32.2. The molecule has 0 radical (unpaired) electrons. The Labute approximate surface area is 85.0 Å². The quantitative estimate of drug-likeness (QED) is 0.557. The van der Waals surface area contributed by atoms with E-state index >= 15 is 0 Å². The van der Waals surface area contributed by atoms with E-state index in [2.05, 4.69) is 6.58 Å². The van der Waals surface area contributed by atoms with Gasteiger partial charge in [0.2, 0.25) is 0 Å². The predicted octanol–water partition coefficient (Wildman–Crippen LogP) is 1.60. The molecule has 0 saturated heterocycles. The molecule has 0 spiro atoms. The molecule has 0 amide bonds. The van der Waals surface area contributed by atoms with Crippen LogP contribution in [-0.4, -0.2) is 8.76 Å². The third-order valence-electron chi connectivity index (χ3n) is 1.72. The Kier molecular flexibility index (Phi) is 3.57. The summed E-state index contributed by atoms with van der Waals surface area (Å²) in [6, 6.07) is 8.65. The third-order valence-corrected chi connectivity index (χ3v) is 2.29. The summed E-state index contributed by atoms with van der Waals surface area (Å²) in [5.74, 6) is -0.000685. The highest BCUT2D eigenvalue weighted by molar-refractivity contribution is 7.78. The Bertz CT molecular complexity index is 403. The Morgan fingerprint density at radius 1 is 1.50 bits per heavy atom. The van der Waals surface area contributed by atoms with Gasteiger partial charge in [0.25, 0.3) is 0 Å². The standard InChI is InChI=1S/C10H9NO2S/c1-8(6-11)10-4-2-9(3-5-10)7-14(12)13/h2-5H,1,7H2,(H,12,13)/p-1. The van der Waals surface area contributed by atoms with Gasteiger partial charge >= 0.3 is 0 Å². The molecule has 1 aromatic carbocycles. The smallest absolute Gasteiger partial charge is 0.0991 e. The second-order valence-electron chi connectivity index (χ2n) is 2.74. The number of rotatable bonds is 3. The first-order valence-corrected chi connectivity index (χ1v) is 5.12. The van der Waals surface area contributed by atoms with Crippen molar-refractivity contribution in [2.24, 2.45) is 0 Å². The highest BCUT2D eigenvalue weighted by Crippen LogP contribution is 2.12. The van der Waals surface area contributed by atoms with Crippen LogP contribution >= 0.6 is 0 Å². The van der Waals surface area contributed by atoms with E-state index in [1.807, 2.05) is 6.07 Å². The zero-order valence-electron chi connectivity index (χ0n) is 7.40. The summed E-state index contributed by atoms with van der Waals surface area (Å²) in [5, 5.41) is 8.55. The summed E-state index contributed by atoms with van der Waals surface area (Å²) in [6.07, 6.45) is 0. The Hall–Kier alpha value is -1.44. The number of benzene rings is 1. The lowest BCUT2D eigenvalue weighted by atomic mass is 10.1. The fourth-order valence-electron chi connectivity index (χ4n) is 1.00. The van der Waals surface area contributed by atoms with E-state index in [0.717, 1.165) is 0 Å². The van der Waals surface area contributed by atoms with Crippen LogP contribution in [-0.2, 0) is 16.8 Å². The zero-order chi connectivity index (χ0) is 10.6. The molecule has 1 unspecified atom stereocenters. The van der Waals surface area contributed by atoms with E-state index in [4.69, 9.17) is 5.26 Å². The van der Waals surface area contributed by atoms with Crippen LogP contribution in [0, 0.1) is 11.3 Å². The maximum atomic E-state index is 10.4. The third kappa shape index (κ3) is 2.80. The van der Waals surface area contributed by atoms with Crippen molar-refractivity contribution < 1.29 is 8.76 Å². The van der Waals surface area contributed by atoms with Gasteiger partial charge in [0.1, 0.15) is 0 Å². The number of hydrogen-bond acceptors (Lipinski definition) is 3. The van der Waals surface area contributed by atoms with Gasteiger partial charge in [0.15, 0.2) is 0 Å². The van der Waals surface area contributed by atoms with Gasteiger partial charge in [0, 0.05) is 5.75 Å². The summed E-state index contributed by atoms with van der Waals surface area (Å²) >= 11 is -2.07. The van der Waals surface area contributed by atoms with E-state index in [1.54, 1.807) is 24.3 Å². The van der Waals surface area contributed by atoms with Gasteiger partial charge in [-0.05, 0) is 11.1 Å². The van der Waals surface area contributed by atoms with Crippen LogP contribution in [0.3, 0.4) is 0 Å². The molecular weight excluding hydrogens is 198 g/mol. The SMILES string of the molecule is C=C(C#N)c1ccc(CS(=O)[O-])cc1. The first kappa shape index (κ1) is 10.6. The Balaban J connectivity index is 2.85. The molecule has 4 heteroatoms. The number of hydrogen-bond donors (Lipinski definition) is 0. The van der Waals surface area contributed by atoms with Crippen LogP contribution in [0.4, 0.5) is 0 Å². The Morgan fingerprint density at radius 3 is 2.50 bits per heavy atom. The first-order valence-electron chi connectivity index (χ1n) is 3.87. The van der Waals surface area contributed by atoms with Crippen LogP contribution in [0.25, 0.3) is 5.57 Å². The molecule has 0 N–H and O–H groups in total. The second-order valence-corrected chi connectivity index (χ2v) is 3.63. The van der Waals surface area contributed by atoms with Crippen molar-refractivity contribution >= 4 is 16.7 Å². The van der Waals surface area contributed by atoms with Gasteiger partial charge in [-0.15, -0.1) is 0 Å². The van der Waals surface area contributed by atoms with E-state index in [1.165, 1.54) is 0 Å². The van der Waals surface area contributed by atoms with Crippen molar-refractivity contribution in [3.8, 4) is 6.07 Å². The molecule has 0 aliphatic rings. The molecule has 72 valence electrons. The van der Waals surface area contributed by atoms with Gasteiger partial charge in [-0.3, -0.25) is 4.21 Å². The van der Waals surface area contributed by atoms with Crippen molar-refractivity contribution in [2.75, 3.05) is 0 Å². The van der Waals surface area contributed by atoms with Gasteiger partial charge in [0.05, 0.1) is 11.6 Å². The maximum Gasteiger partial charge on any atom is 0.0991 e. The minimum atomic E-state index is -2.07. The molecule has 0 fully saturated rings. The van der Waals surface area contributed by atoms with E-state index in [0.29, 0.717) is 16.7 Å². The van der Waals surface area contributed by atoms with Crippen molar-refractivity contribution in [1.29, 1.82) is 5.26 Å². The molecule has 0 heterocycles. The summed E-state index contributed by atoms with van der Waals surface area (Å²) in [6.45, 7) is 3.55. The molecule has 0 aliphatic carbocycles. The molecule has 0 bridgehead atoms. The maximum absolute atomic E-state index is 10.4. The summed E-state index contributed by atoms with van der Waals surface area (Å²) < 4.78 is 20.7. The molecule has 1 aromatic rings. The minimum Gasteiger partial charge on any atom is -0.772 e. The Morgan fingerprint density at radius 2 is 2.07 bits per heavy atom. The molecular formula is C10H8NO2S-. The average Bonchev–Trinajstić information content (AvgIpc) is 2.17. The van der Waals surface area contributed by atoms with Gasteiger partial charge < -0.3 is 4.55 Å². The van der Waals surface area contributed by atoms with Crippen LogP contribution in [0.15, 0.2) is 30.8 Å². The predicted molar refractivity (Wildman–Crippen MR) is 53.7 cm³/mol. The molecule has 1 rings (SSSR count). The summed E-state index contributed by atoms with van der Waals surface area (Å²) in [4.78, 5) is 0. The zero-order valence-corrected chi connectivity index (χ0v) is 8.21. The first-order chi connectivity index (χ1) is 6.63. The van der Waals surface area contributed by atoms with Crippen LogP contribution in [0.1, 0.15) is 11.1 Å². The number of allylic oxidation sites excluding steroid dienone is 1. The van der Waals surface area contributed by atoms with Crippen molar-refractivity contribution in [2.45, 2.75) is 5.75 Å². The fraction of sp³-hybridized carbons (Fsp3) is 0.100. The molecule has 1 atom stereocenters. The van der Waals surface area contributed by atoms with Crippen LogP contribution < -0.4 is 0 Å². The highest BCUT2D eigenvalue weighted by Gasteiger charge is 1.97. The lowest BCUT2D eigenvalue weighted by Gasteiger charge is -2.05. The van der Waals surface area contributed by atoms with Crippen molar-refractivity contribution in [3.05, 3.63) is 42.0 Å². The summed E-state index contributed by atoms with van der Waals surface area (Å²) in [7, 11) is 0.